The van der Waals surface area contributed by atoms with E-state index < -0.39 is 27.2 Å². The Hall–Kier alpha value is -2.09. The van der Waals surface area contributed by atoms with E-state index in [0.717, 1.165) is 11.1 Å². The molecule has 3 amide bonds. The van der Waals surface area contributed by atoms with Crippen molar-refractivity contribution >= 4 is 27.6 Å². The molecule has 1 heterocycles. The van der Waals surface area contributed by atoms with E-state index in [9.17, 15) is 18.0 Å². The highest BCUT2D eigenvalue weighted by atomic mass is 32.2. The van der Waals surface area contributed by atoms with E-state index in [0.29, 0.717) is 12.2 Å². The number of hydrogen-bond donors (Lipinski definition) is 2. The average molecular weight is 381 g/mol. The lowest BCUT2D eigenvalue weighted by atomic mass is 9.93. The molecule has 0 aromatic heterocycles. The summed E-state index contributed by atoms with van der Waals surface area (Å²) in [6, 6.07) is 4.91. The van der Waals surface area contributed by atoms with Crippen LogP contribution < -0.4 is 10.0 Å². The lowest BCUT2D eigenvalue weighted by Crippen LogP contribution is -2.44. The van der Waals surface area contributed by atoms with Crippen molar-refractivity contribution in [2.45, 2.75) is 51.2 Å². The maximum absolute atomic E-state index is 12.4. The van der Waals surface area contributed by atoms with Crippen LogP contribution in [0.4, 0.5) is 10.5 Å². The van der Waals surface area contributed by atoms with Crippen LogP contribution in [0.3, 0.4) is 0 Å². The Balaban J connectivity index is 2.24. The fraction of sp³-hybridized carbons (Fsp3) is 0.556. The largest absolute Gasteiger partial charge is 0.345 e. The van der Waals surface area contributed by atoms with Gasteiger partial charge < -0.3 is 10.2 Å². The molecule has 2 rings (SSSR count). The Morgan fingerprint density at radius 2 is 1.69 bits per heavy atom. The number of carbonyl (C=O) groups is 2. The molecule has 8 heteroatoms. The van der Waals surface area contributed by atoms with Gasteiger partial charge in [0.25, 0.3) is 0 Å². The number of carbonyl (C=O) groups excluding carboxylic acids is 2. The molecule has 7 nitrogen and oxygen atoms in total. The van der Waals surface area contributed by atoms with Crippen LogP contribution in [0.5, 0.6) is 0 Å². The molecular weight excluding hydrogens is 354 g/mol. The summed E-state index contributed by atoms with van der Waals surface area (Å²) in [5.41, 5.74) is 2.49. The zero-order valence-corrected chi connectivity index (χ0v) is 16.7. The Labute approximate surface area is 155 Å². The van der Waals surface area contributed by atoms with Crippen LogP contribution in [0.25, 0.3) is 0 Å². The lowest BCUT2D eigenvalue weighted by Gasteiger charge is -2.20. The van der Waals surface area contributed by atoms with Gasteiger partial charge in [0.15, 0.2) is 5.25 Å². The number of anilines is 1. The predicted molar refractivity (Wildman–Crippen MR) is 102 cm³/mol. The third kappa shape index (κ3) is 4.17. The first-order valence-corrected chi connectivity index (χ1v) is 10.3. The lowest BCUT2D eigenvalue weighted by molar-refractivity contribution is -0.126. The van der Waals surface area contributed by atoms with Gasteiger partial charge >= 0.3 is 6.03 Å². The molecule has 1 aromatic rings. The summed E-state index contributed by atoms with van der Waals surface area (Å²) in [7, 11) is -2.53. The minimum absolute atomic E-state index is 0.158. The second kappa shape index (κ2) is 7.65. The van der Waals surface area contributed by atoms with Crippen LogP contribution in [0.15, 0.2) is 18.2 Å². The minimum Gasteiger partial charge on any atom is -0.345 e. The van der Waals surface area contributed by atoms with Crippen molar-refractivity contribution in [2.75, 3.05) is 18.9 Å². The molecule has 1 fully saturated rings. The molecule has 1 unspecified atom stereocenters. The van der Waals surface area contributed by atoms with Crippen molar-refractivity contribution in [2.24, 2.45) is 0 Å². The van der Waals surface area contributed by atoms with Gasteiger partial charge in [-0.15, -0.1) is 0 Å². The number of likely N-dealkylation sites (tertiary alicyclic amines) is 1. The van der Waals surface area contributed by atoms with E-state index in [1.807, 2.05) is 50.6 Å². The fourth-order valence-corrected chi connectivity index (χ4v) is 4.43. The second-order valence-corrected chi connectivity index (χ2v) is 9.12. The Morgan fingerprint density at radius 1 is 1.15 bits per heavy atom. The first kappa shape index (κ1) is 20.2. The number of benzene rings is 1. The van der Waals surface area contributed by atoms with Crippen molar-refractivity contribution in [1.82, 2.24) is 9.62 Å². The first-order chi connectivity index (χ1) is 12.0. The molecular formula is C18H27N3O4S. The second-order valence-electron chi connectivity index (χ2n) is 7.26. The van der Waals surface area contributed by atoms with Crippen LogP contribution in [0.2, 0.25) is 0 Å². The van der Waals surface area contributed by atoms with Gasteiger partial charge in [-0.05, 0) is 29.4 Å². The highest BCUT2D eigenvalue weighted by Gasteiger charge is 2.40. The van der Waals surface area contributed by atoms with Crippen LogP contribution in [-0.2, 0) is 14.8 Å². The molecule has 0 bridgehead atoms. The number of nitrogens with one attached hydrogen (secondary N) is 2. The summed E-state index contributed by atoms with van der Waals surface area (Å²) < 4.78 is 26.8. The van der Waals surface area contributed by atoms with Crippen LogP contribution in [0, 0.1) is 0 Å². The monoisotopic (exact) mass is 381 g/mol. The maximum Gasteiger partial charge on any atom is 0.332 e. The van der Waals surface area contributed by atoms with E-state index in [4.69, 9.17) is 0 Å². The van der Waals surface area contributed by atoms with Gasteiger partial charge in [0.1, 0.15) is 0 Å². The summed E-state index contributed by atoms with van der Waals surface area (Å²) >= 11 is 0. The summed E-state index contributed by atoms with van der Waals surface area (Å²) in [5.74, 6) is -0.174. The molecule has 1 aromatic carbocycles. The Morgan fingerprint density at radius 3 is 2.12 bits per heavy atom. The number of hydrogen-bond acceptors (Lipinski definition) is 4. The van der Waals surface area contributed by atoms with Crippen LogP contribution in [0.1, 0.15) is 57.1 Å². The molecule has 1 aliphatic rings. The number of nitrogens with zero attached hydrogens (tertiary/aromatic N) is 1. The van der Waals surface area contributed by atoms with Gasteiger partial charge in [0, 0.05) is 19.3 Å². The minimum atomic E-state index is -4.08. The quantitative estimate of drug-likeness (QED) is 0.819. The van der Waals surface area contributed by atoms with Crippen molar-refractivity contribution in [3.8, 4) is 0 Å². The molecule has 0 spiro atoms. The van der Waals surface area contributed by atoms with Crippen molar-refractivity contribution in [1.29, 1.82) is 0 Å². The normalized spacial score (nSPS) is 17.9. The standard InChI is InChI=1S/C18H27N3O4S/c1-11(2)13-7-6-8-14(12(3)4)16(13)19-18(23)20-26(24,25)15-9-10-21(5)17(15)22/h6-8,11-12,15H,9-10H2,1-5H3,(H2,19,20,23). The summed E-state index contributed by atoms with van der Waals surface area (Å²) in [6.45, 7) is 8.39. The van der Waals surface area contributed by atoms with E-state index in [1.54, 1.807) is 7.05 Å². The molecule has 1 saturated heterocycles. The smallest absolute Gasteiger partial charge is 0.332 e. The van der Waals surface area contributed by atoms with Gasteiger partial charge in [0.2, 0.25) is 15.9 Å². The predicted octanol–water partition coefficient (Wildman–Crippen LogP) is 2.62. The first-order valence-electron chi connectivity index (χ1n) is 8.75. The topological polar surface area (TPSA) is 95.6 Å². The zero-order chi connectivity index (χ0) is 19.6. The third-order valence-electron chi connectivity index (χ3n) is 4.60. The van der Waals surface area contributed by atoms with Gasteiger partial charge in [-0.3, -0.25) is 4.79 Å². The molecule has 26 heavy (non-hydrogen) atoms. The fourth-order valence-electron chi connectivity index (χ4n) is 3.11. The number of sulfonamides is 1. The number of rotatable bonds is 5. The van der Waals surface area contributed by atoms with Crippen molar-refractivity contribution in [3.05, 3.63) is 29.3 Å². The highest BCUT2D eigenvalue weighted by molar-refractivity contribution is 7.91. The summed E-state index contributed by atoms with van der Waals surface area (Å²) in [4.78, 5) is 25.7. The Bertz CT molecular complexity index is 776. The summed E-state index contributed by atoms with van der Waals surface area (Å²) in [5, 5.41) is 1.47. The zero-order valence-electron chi connectivity index (χ0n) is 15.9. The van der Waals surface area contributed by atoms with Crippen molar-refractivity contribution < 1.29 is 18.0 Å². The van der Waals surface area contributed by atoms with Crippen LogP contribution in [-0.4, -0.2) is 44.1 Å². The molecule has 1 aliphatic heterocycles. The van der Waals surface area contributed by atoms with Gasteiger partial charge in [-0.25, -0.2) is 17.9 Å². The Kier molecular flexibility index (Phi) is 5.95. The van der Waals surface area contributed by atoms with E-state index in [-0.39, 0.29) is 18.3 Å². The SMILES string of the molecule is CC(C)c1cccc(C(C)C)c1NC(=O)NS(=O)(=O)C1CCN(C)C1=O. The molecule has 1 atom stereocenters. The third-order valence-corrected chi connectivity index (χ3v) is 6.26. The molecule has 0 aliphatic carbocycles. The molecule has 0 saturated carbocycles. The molecule has 144 valence electrons. The van der Waals surface area contributed by atoms with E-state index in [1.165, 1.54) is 4.90 Å². The number of amides is 3. The average Bonchev–Trinajstić information content (AvgIpc) is 2.86. The molecule has 0 radical (unpaired) electrons. The summed E-state index contributed by atoms with van der Waals surface area (Å²) in [6.07, 6.45) is 0.178. The number of para-hydroxylation sites is 1. The van der Waals surface area contributed by atoms with Gasteiger partial charge in [0.05, 0.1) is 0 Å². The van der Waals surface area contributed by atoms with Gasteiger partial charge in [-0.1, -0.05) is 45.9 Å². The van der Waals surface area contributed by atoms with Crippen LogP contribution >= 0.6 is 0 Å². The van der Waals surface area contributed by atoms with E-state index in [2.05, 4.69) is 5.32 Å². The number of urea groups is 1. The van der Waals surface area contributed by atoms with E-state index >= 15 is 0 Å². The highest BCUT2D eigenvalue weighted by Crippen LogP contribution is 2.32. The van der Waals surface area contributed by atoms with Gasteiger partial charge in [-0.2, -0.15) is 0 Å². The maximum atomic E-state index is 12.4. The molecule has 2 N–H and O–H groups in total. The van der Waals surface area contributed by atoms with Crippen molar-refractivity contribution in [3.63, 3.8) is 0 Å².